The topological polar surface area (TPSA) is 74.5 Å². The summed E-state index contributed by atoms with van der Waals surface area (Å²) in [5.74, 6) is 0.259. The molecule has 0 fully saturated rings. The minimum Gasteiger partial charge on any atom is -0.480 e. The predicted molar refractivity (Wildman–Crippen MR) is 79.7 cm³/mol. The van der Waals surface area contributed by atoms with Gasteiger partial charge in [-0.15, -0.1) is 11.3 Å². The van der Waals surface area contributed by atoms with E-state index in [4.69, 9.17) is 9.47 Å². The molecular formula is C14H16N2O4S. The predicted octanol–water partition coefficient (Wildman–Crippen LogP) is 3.65. The Morgan fingerprint density at radius 2 is 2.24 bits per heavy atom. The molecule has 0 aliphatic carbocycles. The molecule has 0 radical (unpaired) electrons. The molecule has 1 aromatic heterocycles. The second kappa shape index (κ2) is 6.64. The third-order valence-corrected chi connectivity index (χ3v) is 4.08. The van der Waals surface area contributed by atoms with Crippen LogP contribution in [0.3, 0.4) is 0 Å². The summed E-state index contributed by atoms with van der Waals surface area (Å²) in [6, 6.07) is 5.01. The first-order valence-corrected chi connectivity index (χ1v) is 7.24. The van der Waals surface area contributed by atoms with Crippen LogP contribution in [0, 0.1) is 17.0 Å². The number of nitro benzene ring substituents is 1. The molecule has 7 heteroatoms. The van der Waals surface area contributed by atoms with E-state index in [0.29, 0.717) is 5.56 Å². The number of ether oxygens (including phenoxy) is 2. The number of benzene rings is 1. The number of rotatable bonds is 6. The molecule has 112 valence electrons. The van der Waals surface area contributed by atoms with E-state index < -0.39 is 4.92 Å². The van der Waals surface area contributed by atoms with E-state index in [2.05, 4.69) is 4.98 Å². The van der Waals surface area contributed by atoms with Gasteiger partial charge in [0, 0.05) is 18.1 Å². The first-order valence-electron chi connectivity index (χ1n) is 6.36. The van der Waals surface area contributed by atoms with Crippen molar-refractivity contribution in [2.24, 2.45) is 0 Å². The van der Waals surface area contributed by atoms with Gasteiger partial charge < -0.3 is 9.47 Å². The molecule has 0 saturated heterocycles. The van der Waals surface area contributed by atoms with Crippen LogP contribution in [-0.2, 0) is 11.3 Å². The van der Waals surface area contributed by atoms with Crippen molar-refractivity contribution in [3.63, 3.8) is 0 Å². The number of methoxy groups -OCH3 is 1. The lowest BCUT2D eigenvalue weighted by Gasteiger charge is -2.07. The highest BCUT2D eigenvalue weighted by atomic mass is 32.1. The summed E-state index contributed by atoms with van der Waals surface area (Å²) in [6.07, 6.45) is -0.0722. The van der Waals surface area contributed by atoms with Gasteiger partial charge in [-0.2, -0.15) is 0 Å². The van der Waals surface area contributed by atoms with Crippen molar-refractivity contribution in [3.8, 4) is 5.75 Å². The number of hydrogen-bond acceptors (Lipinski definition) is 6. The third-order valence-electron chi connectivity index (χ3n) is 3.03. The summed E-state index contributed by atoms with van der Waals surface area (Å²) >= 11 is 1.48. The third kappa shape index (κ3) is 3.56. The van der Waals surface area contributed by atoms with E-state index >= 15 is 0 Å². The molecule has 1 aromatic carbocycles. The molecular weight excluding hydrogens is 292 g/mol. The summed E-state index contributed by atoms with van der Waals surface area (Å²) in [6.45, 7) is 3.79. The molecule has 6 nitrogen and oxygen atoms in total. The van der Waals surface area contributed by atoms with Crippen LogP contribution in [0.2, 0.25) is 0 Å². The van der Waals surface area contributed by atoms with Crippen molar-refractivity contribution < 1.29 is 14.4 Å². The van der Waals surface area contributed by atoms with Crippen molar-refractivity contribution >= 4 is 17.0 Å². The van der Waals surface area contributed by atoms with Crippen LogP contribution in [0.15, 0.2) is 23.6 Å². The lowest BCUT2D eigenvalue weighted by Crippen LogP contribution is -2.01. The maximum Gasteiger partial charge on any atom is 0.313 e. The van der Waals surface area contributed by atoms with Gasteiger partial charge >= 0.3 is 5.69 Å². The maximum atomic E-state index is 11.1. The minimum atomic E-state index is -0.426. The van der Waals surface area contributed by atoms with Crippen molar-refractivity contribution in [3.05, 3.63) is 50.0 Å². The van der Waals surface area contributed by atoms with Gasteiger partial charge in [-0.1, -0.05) is 12.1 Å². The zero-order valence-electron chi connectivity index (χ0n) is 12.0. The molecule has 21 heavy (non-hydrogen) atoms. The zero-order chi connectivity index (χ0) is 15.4. The quantitative estimate of drug-likeness (QED) is 0.601. The molecule has 0 spiro atoms. The highest BCUT2D eigenvalue weighted by molar-refractivity contribution is 7.09. The van der Waals surface area contributed by atoms with Gasteiger partial charge in [-0.05, 0) is 19.9 Å². The lowest BCUT2D eigenvalue weighted by molar-refractivity contribution is -0.386. The number of para-hydroxylation sites is 1. The zero-order valence-corrected chi connectivity index (χ0v) is 12.8. The number of aromatic nitrogens is 1. The van der Waals surface area contributed by atoms with Gasteiger partial charge in [0.2, 0.25) is 0 Å². The number of thiazole rings is 1. The van der Waals surface area contributed by atoms with E-state index in [1.165, 1.54) is 11.3 Å². The van der Waals surface area contributed by atoms with Crippen LogP contribution in [0.4, 0.5) is 5.69 Å². The molecule has 1 unspecified atom stereocenters. The van der Waals surface area contributed by atoms with Crippen molar-refractivity contribution in [1.82, 2.24) is 4.98 Å². The van der Waals surface area contributed by atoms with Gasteiger partial charge in [0.15, 0.2) is 5.75 Å². The van der Waals surface area contributed by atoms with Crippen molar-refractivity contribution in [2.75, 3.05) is 7.11 Å². The number of aryl methyl sites for hydroxylation is 1. The van der Waals surface area contributed by atoms with Gasteiger partial charge in [-0.3, -0.25) is 10.1 Å². The molecule has 0 bridgehead atoms. The standard InChI is InChI=1S/C14H16N2O4S/c1-9-5-4-6-12(13(9)16(17)18)20-7-11-8-21-14(15-11)10(2)19-3/h4-6,8,10H,7H2,1-3H3. The second-order valence-corrected chi connectivity index (χ2v) is 5.41. The van der Waals surface area contributed by atoms with Crippen LogP contribution >= 0.6 is 11.3 Å². The van der Waals surface area contributed by atoms with Crippen LogP contribution in [0.25, 0.3) is 0 Å². The SMILES string of the molecule is COC(C)c1nc(COc2cccc(C)c2[N+](=O)[O-])cs1. The maximum absolute atomic E-state index is 11.1. The normalized spacial score (nSPS) is 12.1. The van der Waals surface area contributed by atoms with Gasteiger partial charge in [0.1, 0.15) is 17.7 Å². The largest absolute Gasteiger partial charge is 0.480 e. The average molecular weight is 308 g/mol. The Labute approximate surface area is 126 Å². The molecule has 2 rings (SSSR count). The van der Waals surface area contributed by atoms with E-state index in [1.807, 2.05) is 12.3 Å². The lowest BCUT2D eigenvalue weighted by atomic mass is 10.2. The van der Waals surface area contributed by atoms with E-state index in [0.717, 1.165) is 10.7 Å². The number of nitro groups is 1. The van der Waals surface area contributed by atoms with Crippen molar-refractivity contribution in [2.45, 2.75) is 26.6 Å². The Morgan fingerprint density at radius 3 is 2.90 bits per heavy atom. The fraction of sp³-hybridized carbons (Fsp3) is 0.357. The van der Waals surface area contributed by atoms with Crippen LogP contribution in [-0.4, -0.2) is 17.0 Å². The molecule has 1 atom stereocenters. The van der Waals surface area contributed by atoms with E-state index in [1.54, 1.807) is 32.2 Å². The Hall–Kier alpha value is -1.99. The Kier molecular flexibility index (Phi) is 4.87. The molecule has 0 saturated carbocycles. The summed E-state index contributed by atoms with van der Waals surface area (Å²) < 4.78 is 10.8. The van der Waals surface area contributed by atoms with E-state index in [9.17, 15) is 10.1 Å². The summed E-state index contributed by atoms with van der Waals surface area (Å²) in [4.78, 5) is 15.0. The van der Waals surface area contributed by atoms with Gasteiger partial charge in [0.25, 0.3) is 0 Å². The fourth-order valence-corrected chi connectivity index (χ4v) is 2.65. The monoisotopic (exact) mass is 308 g/mol. The highest BCUT2D eigenvalue weighted by Crippen LogP contribution is 2.31. The highest BCUT2D eigenvalue weighted by Gasteiger charge is 2.18. The molecule has 0 aliphatic heterocycles. The summed E-state index contributed by atoms with van der Waals surface area (Å²) in [5, 5.41) is 13.8. The molecule has 0 aliphatic rings. The van der Waals surface area contributed by atoms with Crippen LogP contribution in [0.1, 0.15) is 29.3 Å². The van der Waals surface area contributed by atoms with Crippen LogP contribution in [0.5, 0.6) is 5.75 Å². The smallest absolute Gasteiger partial charge is 0.313 e. The van der Waals surface area contributed by atoms with E-state index in [-0.39, 0.29) is 24.1 Å². The first kappa shape index (κ1) is 15.4. The summed E-state index contributed by atoms with van der Waals surface area (Å²) in [7, 11) is 1.62. The average Bonchev–Trinajstić information content (AvgIpc) is 2.92. The van der Waals surface area contributed by atoms with Gasteiger partial charge in [-0.25, -0.2) is 4.98 Å². The first-order chi connectivity index (χ1) is 10.0. The second-order valence-electron chi connectivity index (χ2n) is 4.52. The summed E-state index contributed by atoms with van der Waals surface area (Å²) in [5.41, 5.74) is 1.30. The van der Waals surface area contributed by atoms with Crippen molar-refractivity contribution in [1.29, 1.82) is 0 Å². The Bertz CT molecular complexity index is 642. The van der Waals surface area contributed by atoms with Gasteiger partial charge in [0.05, 0.1) is 10.6 Å². The molecule has 2 aromatic rings. The molecule has 0 amide bonds. The number of nitrogens with zero attached hydrogens (tertiary/aromatic N) is 2. The minimum absolute atomic E-state index is 0.00165. The Morgan fingerprint density at radius 1 is 1.48 bits per heavy atom. The molecule has 0 N–H and O–H groups in total. The fourth-order valence-electron chi connectivity index (χ4n) is 1.81. The van der Waals surface area contributed by atoms with Crippen LogP contribution < -0.4 is 4.74 Å². The molecule has 1 heterocycles. The Balaban J connectivity index is 2.12. The number of hydrogen-bond donors (Lipinski definition) is 0.